The molecule has 1 aromatic rings. The largest absolute Gasteiger partial charge is 0.497 e. The minimum Gasteiger partial charge on any atom is -0.497 e. The first kappa shape index (κ1) is 17.8. The van der Waals surface area contributed by atoms with Crippen LogP contribution < -0.4 is 14.8 Å². The van der Waals surface area contributed by atoms with Crippen LogP contribution in [-0.2, 0) is 11.3 Å². The Morgan fingerprint density at radius 3 is 2.62 bits per heavy atom. The van der Waals surface area contributed by atoms with E-state index in [0.29, 0.717) is 19.1 Å². The van der Waals surface area contributed by atoms with Crippen LogP contribution in [0, 0.1) is 5.92 Å². The van der Waals surface area contributed by atoms with Gasteiger partial charge < -0.3 is 19.5 Å². The Morgan fingerprint density at radius 1 is 1.14 bits per heavy atom. The van der Waals surface area contributed by atoms with Crippen molar-refractivity contribution in [1.29, 1.82) is 0 Å². The first-order valence-electron chi connectivity index (χ1n) is 7.75. The zero-order valence-electron chi connectivity index (χ0n) is 13.8. The van der Waals surface area contributed by atoms with Crippen molar-refractivity contribution in [2.24, 2.45) is 5.92 Å². The van der Waals surface area contributed by atoms with Crippen molar-refractivity contribution >= 4 is 0 Å². The van der Waals surface area contributed by atoms with E-state index in [1.807, 2.05) is 18.2 Å². The third kappa shape index (κ3) is 7.34. The summed E-state index contributed by atoms with van der Waals surface area (Å²) in [5.41, 5.74) is 1.12. The number of hydrogen-bond donors (Lipinski definition) is 1. The van der Waals surface area contributed by atoms with Crippen molar-refractivity contribution in [2.45, 2.75) is 33.7 Å². The number of methoxy groups -OCH3 is 1. The fourth-order valence-corrected chi connectivity index (χ4v) is 1.91. The summed E-state index contributed by atoms with van der Waals surface area (Å²) in [6.45, 7) is 10.2. The zero-order valence-corrected chi connectivity index (χ0v) is 13.8. The molecule has 0 aliphatic rings. The van der Waals surface area contributed by atoms with Crippen molar-refractivity contribution in [2.75, 3.05) is 33.5 Å². The maximum absolute atomic E-state index is 5.82. The molecular formula is C17H29NO3. The minimum atomic E-state index is 0.573. The molecule has 0 amide bonds. The summed E-state index contributed by atoms with van der Waals surface area (Å²) in [5.74, 6) is 2.38. The minimum absolute atomic E-state index is 0.573. The van der Waals surface area contributed by atoms with E-state index in [2.05, 4.69) is 26.1 Å². The van der Waals surface area contributed by atoms with Crippen LogP contribution in [0.1, 0.15) is 32.8 Å². The van der Waals surface area contributed by atoms with Crippen LogP contribution in [0.2, 0.25) is 0 Å². The van der Waals surface area contributed by atoms with Gasteiger partial charge in [0.1, 0.15) is 18.1 Å². The molecule has 4 nitrogen and oxygen atoms in total. The van der Waals surface area contributed by atoms with Gasteiger partial charge in [-0.05, 0) is 37.1 Å². The van der Waals surface area contributed by atoms with Crippen LogP contribution >= 0.6 is 0 Å². The molecular weight excluding hydrogens is 266 g/mol. The normalized spacial score (nSPS) is 10.9. The molecule has 1 N–H and O–H groups in total. The molecule has 0 unspecified atom stereocenters. The molecule has 0 aromatic heterocycles. The molecule has 0 fully saturated rings. The highest BCUT2D eigenvalue weighted by molar-refractivity contribution is 5.40. The average Bonchev–Trinajstić information content (AvgIpc) is 2.47. The predicted octanol–water partition coefficient (Wildman–Crippen LogP) is 3.25. The van der Waals surface area contributed by atoms with Gasteiger partial charge in [-0.25, -0.2) is 0 Å². The quantitative estimate of drug-likeness (QED) is 0.636. The third-order valence-corrected chi connectivity index (χ3v) is 2.97. The second kappa shape index (κ2) is 10.5. The molecule has 0 saturated carbocycles. The zero-order chi connectivity index (χ0) is 15.5. The van der Waals surface area contributed by atoms with Crippen LogP contribution in [0.3, 0.4) is 0 Å². The van der Waals surface area contributed by atoms with E-state index in [4.69, 9.17) is 14.2 Å². The number of benzene rings is 1. The Hall–Kier alpha value is -1.26. The lowest BCUT2D eigenvalue weighted by Crippen LogP contribution is -2.19. The van der Waals surface area contributed by atoms with Crippen molar-refractivity contribution in [3.05, 3.63) is 23.8 Å². The van der Waals surface area contributed by atoms with Gasteiger partial charge in [0, 0.05) is 18.7 Å². The van der Waals surface area contributed by atoms with Crippen LogP contribution in [0.15, 0.2) is 18.2 Å². The maximum Gasteiger partial charge on any atom is 0.124 e. The van der Waals surface area contributed by atoms with Crippen LogP contribution in [0.5, 0.6) is 11.5 Å². The summed E-state index contributed by atoms with van der Waals surface area (Å²) in [5, 5.41) is 3.44. The molecule has 1 rings (SSSR count). The molecule has 0 heterocycles. The van der Waals surface area contributed by atoms with Crippen LogP contribution in [0.4, 0.5) is 0 Å². The predicted molar refractivity (Wildman–Crippen MR) is 86.1 cm³/mol. The second-order valence-corrected chi connectivity index (χ2v) is 5.46. The molecule has 1 aromatic carbocycles. The third-order valence-electron chi connectivity index (χ3n) is 2.97. The van der Waals surface area contributed by atoms with Gasteiger partial charge in [0.2, 0.25) is 0 Å². The highest BCUT2D eigenvalue weighted by Crippen LogP contribution is 2.24. The number of hydrogen-bond acceptors (Lipinski definition) is 4. The van der Waals surface area contributed by atoms with Gasteiger partial charge in [0.05, 0.1) is 13.7 Å². The molecule has 0 aliphatic carbocycles. The summed E-state index contributed by atoms with van der Waals surface area (Å²) < 4.78 is 16.5. The Kier molecular flexibility index (Phi) is 8.87. The van der Waals surface area contributed by atoms with Gasteiger partial charge in [-0.15, -0.1) is 0 Å². The van der Waals surface area contributed by atoms with Crippen LogP contribution in [-0.4, -0.2) is 33.5 Å². The van der Waals surface area contributed by atoms with Gasteiger partial charge in [-0.1, -0.05) is 20.8 Å². The van der Waals surface area contributed by atoms with Crippen molar-refractivity contribution in [3.63, 3.8) is 0 Å². The number of nitrogens with one attached hydrogen (secondary N) is 1. The van der Waals surface area contributed by atoms with Gasteiger partial charge in [0.15, 0.2) is 0 Å². The van der Waals surface area contributed by atoms with E-state index < -0.39 is 0 Å². The van der Waals surface area contributed by atoms with Gasteiger partial charge >= 0.3 is 0 Å². The van der Waals surface area contributed by atoms with Gasteiger partial charge in [-0.2, -0.15) is 0 Å². The first-order chi connectivity index (χ1) is 10.2. The molecule has 0 radical (unpaired) electrons. The Labute approximate surface area is 128 Å². The second-order valence-electron chi connectivity index (χ2n) is 5.46. The van der Waals surface area contributed by atoms with E-state index in [-0.39, 0.29) is 0 Å². The number of ether oxygens (including phenoxy) is 3. The van der Waals surface area contributed by atoms with E-state index in [1.165, 1.54) is 0 Å². The summed E-state index contributed by atoms with van der Waals surface area (Å²) in [4.78, 5) is 0. The van der Waals surface area contributed by atoms with Gasteiger partial charge in [-0.3, -0.25) is 0 Å². The van der Waals surface area contributed by atoms with Crippen molar-refractivity contribution in [1.82, 2.24) is 5.32 Å². The van der Waals surface area contributed by atoms with E-state index in [9.17, 15) is 0 Å². The Bertz CT molecular complexity index is 394. The number of rotatable bonds is 11. The molecule has 0 bridgehead atoms. The smallest absolute Gasteiger partial charge is 0.124 e. The monoisotopic (exact) mass is 295 g/mol. The Morgan fingerprint density at radius 2 is 1.95 bits per heavy atom. The summed E-state index contributed by atoms with van der Waals surface area (Å²) in [6, 6.07) is 5.91. The van der Waals surface area contributed by atoms with E-state index in [1.54, 1.807) is 7.11 Å². The lowest BCUT2D eigenvalue weighted by atomic mass is 10.1. The fraction of sp³-hybridized carbons (Fsp3) is 0.647. The molecule has 0 spiro atoms. The molecule has 120 valence electrons. The van der Waals surface area contributed by atoms with E-state index >= 15 is 0 Å². The summed E-state index contributed by atoms with van der Waals surface area (Å²) in [7, 11) is 1.68. The highest BCUT2D eigenvalue weighted by atomic mass is 16.5. The lowest BCUT2D eigenvalue weighted by molar-refractivity contribution is 0.100. The average molecular weight is 295 g/mol. The topological polar surface area (TPSA) is 39.7 Å². The molecule has 21 heavy (non-hydrogen) atoms. The molecule has 4 heteroatoms. The molecule has 0 aliphatic heterocycles. The van der Waals surface area contributed by atoms with E-state index in [0.717, 1.165) is 43.2 Å². The van der Waals surface area contributed by atoms with Gasteiger partial charge in [0.25, 0.3) is 0 Å². The standard InChI is InChI=1S/C17H29NO3/c1-5-8-20-9-10-21-17-7-6-16(19-4)11-15(17)13-18-12-14(2)3/h6-7,11,14,18H,5,8-10,12-13H2,1-4H3. The molecule has 0 saturated heterocycles. The van der Waals surface area contributed by atoms with Crippen molar-refractivity contribution in [3.8, 4) is 11.5 Å². The fourth-order valence-electron chi connectivity index (χ4n) is 1.91. The Balaban J connectivity index is 2.54. The highest BCUT2D eigenvalue weighted by Gasteiger charge is 2.06. The molecule has 0 atom stereocenters. The SMILES string of the molecule is CCCOCCOc1ccc(OC)cc1CNCC(C)C. The van der Waals surface area contributed by atoms with Crippen molar-refractivity contribution < 1.29 is 14.2 Å². The summed E-state index contributed by atoms with van der Waals surface area (Å²) in [6.07, 6.45) is 1.03. The summed E-state index contributed by atoms with van der Waals surface area (Å²) >= 11 is 0. The maximum atomic E-state index is 5.82. The lowest BCUT2D eigenvalue weighted by Gasteiger charge is -2.14. The van der Waals surface area contributed by atoms with Crippen LogP contribution in [0.25, 0.3) is 0 Å². The first-order valence-corrected chi connectivity index (χ1v) is 7.75.